The van der Waals surface area contributed by atoms with E-state index < -0.39 is 27.4 Å². The van der Waals surface area contributed by atoms with Crippen LogP contribution in [0.5, 0.6) is 0 Å². The number of hydrogen-bond acceptors (Lipinski definition) is 5. The lowest BCUT2D eigenvalue weighted by atomic mass is 10.1. The van der Waals surface area contributed by atoms with Gasteiger partial charge in [0.1, 0.15) is 0 Å². The fourth-order valence-electron chi connectivity index (χ4n) is 2.70. The molecule has 2 amide bonds. The summed E-state index contributed by atoms with van der Waals surface area (Å²) in [6.07, 6.45) is 2.09. The van der Waals surface area contributed by atoms with Crippen molar-refractivity contribution >= 4 is 21.7 Å². The van der Waals surface area contributed by atoms with Crippen molar-refractivity contribution in [3.05, 3.63) is 89.4 Å². The SMILES string of the molecule is CCc1ccc(C(=O)NNC(=O)c2occc2CS(=O)(=O)c2ccccc2)cc1. The summed E-state index contributed by atoms with van der Waals surface area (Å²) in [6.45, 7) is 2.01. The van der Waals surface area contributed by atoms with Crippen molar-refractivity contribution in [3.63, 3.8) is 0 Å². The van der Waals surface area contributed by atoms with Gasteiger partial charge in [0.25, 0.3) is 5.91 Å². The number of aryl methyl sites for hydroxylation is 1. The third-order valence-corrected chi connectivity index (χ3v) is 6.00. The summed E-state index contributed by atoms with van der Waals surface area (Å²) < 4.78 is 30.2. The van der Waals surface area contributed by atoms with E-state index in [-0.39, 0.29) is 16.2 Å². The van der Waals surface area contributed by atoms with Crippen LogP contribution in [0.3, 0.4) is 0 Å². The second-order valence-electron chi connectivity index (χ2n) is 6.31. The van der Waals surface area contributed by atoms with Crippen LogP contribution in [0.15, 0.2) is 76.2 Å². The van der Waals surface area contributed by atoms with Gasteiger partial charge in [-0.15, -0.1) is 0 Å². The molecule has 0 aliphatic rings. The molecule has 0 atom stereocenters. The van der Waals surface area contributed by atoms with E-state index in [1.54, 1.807) is 30.3 Å². The molecule has 0 spiro atoms. The monoisotopic (exact) mass is 412 g/mol. The minimum Gasteiger partial charge on any atom is -0.459 e. The summed E-state index contributed by atoms with van der Waals surface area (Å²) in [5.41, 5.74) is 6.22. The van der Waals surface area contributed by atoms with E-state index >= 15 is 0 Å². The first kappa shape index (κ1) is 20.3. The van der Waals surface area contributed by atoms with Gasteiger partial charge in [0.15, 0.2) is 15.6 Å². The largest absolute Gasteiger partial charge is 0.459 e. The summed E-state index contributed by atoms with van der Waals surface area (Å²) in [4.78, 5) is 24.7. The zero-order chi connectivity index (χ0) is 20.9. The second-order valence-corrected chi connectivity index (χ2v) is 8.30. The average molecular weight is 412 g/mol. The zero-order valence-electron chi connectivity index (χ0n) is 15.7. The molecule has 0 saturated carbocycles. The minimum absolute atomic E-state index is 0.149. The highest BCUT2D eigenvalue weighted by atomic mass is 32.2. The molecule has 29 heavy (non-hydrogen) atoms. The van der Waals surface area contributed by atoms with E-state index in [2.05, 4.69) is 10.9 Å². The Morgan fingerprint density at radius 2 is 1.55 bits per heavy atom. The summed E-state index contributed by atoms with van der Waals surface area (Å²) in [5.74, 6) is -1.81. The van der Waals surface area contributed by atoms with Crippen LogP contribution in [0.25, 0.3) is 0 Å². The number of hydrazine groups is 1. The molecule has 0 bridgehead atoms. The van der Waals surface area contributed by atoms with Crippen molar-refractivity contribution in [2.24, 2.45) is 0 Å². The van der Waals surface area contributed by atoms with Gasteiger partial charge in [-0.1, -0.05) is 37.3 Å². The topological polar surface area (TPSA) is 105 Å². The Kier molecular flexibility index (Phi) is 6.13. The summed E-state index contributed by atoms with van der Waals surface area (Å²) in [7, 11) is -3.65. The smallest absolute Gasteiger partial charge is 0.305 e. The lowest BCUT2D eigenvalue weighted by Gasteiger charge is -2.08. The number of hydrogen-bond donors (Lipinski definition) is 2. The Labute approximate surface area is 168 Å². The van der Waals surface area contributed by atoms with Gasteiger partial charge < -0.3 is 4.42 Å². The zero-order valence-corrected chi connectivity index (χ0v) is 16.5. The lowest BCUT2D eigenvalue weighted by Crippen LogP contribution is -2.41. The number of benzene rings is 2. The number of carbonyl (C=O) groups excluding carboxylic acids is 2. The molecular weight excluding hydrogens is 392 g/mol. The number of rotatable bonds is 6. The molecular formula is C21H20N2O5S. The molecule has 2 aromatic carbocycles. The Hall–Kier alpha value is -3.39. The molecule has 3 rings (SSSR count). The van der Waals surface area contributed by atoms with E-state index in [4.69, 9.17) is 4.42 Å². The first-order valence-corrected chi connectivity index (χ1v) is 10.6. The number of carbonyl (C=O) groups is 2. The Bertz CT molecular complexity index is 1100. The van der Waals surface area contributed by atoms with E-state index in [0.29, 0.717) is 5.56 Å². The minimum atomic E-state index is -3.65. The van der Waals surface area contributed by atoms with Crippen LogP contribution in [0, 0.1) is 0 Å². The van der Waals surface area contributed by atoms with Gasteiger partial charge >= 0.3 is 5.91 Å². The molecule has 2 N–H and O–H groups in total. The normalized spacial score (nSPS) is 11.1. The van der Waals surface area contributed by atoms with Gasteiger partial charge in [-0.05, 0) is 42.3 Å². The molecule has 7 nitrogen and oxygen atoms in total. The molecule has 1 aromatic heterocycles. The average Bonchev–Trinajstić information content (AvgIpc) is 3.20. The third-order valence-electron chi connectivity index (χ3n) is 4.31. The molecule has 0 fully saturated rings. The van der Waals surface area contributed by atoms with Gasteiger partial charge in [-0.3, -0.25) is 20.4 Å². The maximum absolute atomic E-state index is 12.5. The van der Waals surface area contributed by atoms with E-state index in [9.17, 15) is 18.0 Å². The highest BCUT2D eigenvalue weighted by Gasteiger charge is 2.22. The molecule has 150 valence electrons. The molecule has 1 heterocycles. The summed E-state index contributed by atoms with van der Waals surface area (Å²) in [5, 5.41) is 0. The lowest BCUT2D eigenvalue weighted by molar-refractivity contribution is 0.0830. The van der Waals surface area contributed by atoms with Crippen molar-refractivity contribution in [1.29, 1.82) is 0 Å². The van der Waals surface area contributed by atoms with Crippen LogP contribution in [0.4, 0.5) is 0 Å². The van der Waals surface area contributed by atoms with E-state index in [1.165, 1.54) is 24.5 Å². The van der Waals surface area contributed by atoms with Crippen molar-refractivity contribution in [2.75, 3.05) is 0 Å². The predicted octanol–water partition coefficient (Wildman–Crippen LogP) is 2.89. The fraction of sp³-hybridized carbons (Fsp3) is 0.143. The summed E-state index contributed by atoms with van der Waals surface area (Å²) in [6, 6.07) is 16.3. The quantitative estimate of drug-likeness (QED) is 0.606. The second kappa shape index (κ2) is 8.74. The molecule has 3 aromatic rings. The number of furan rings is 1. The van der Waals surface area contributed by atoms with Crippen LogP contribution in [0.1, 0.15) is 39.0 Å². The van der Waals surface area contributed by atoms with Gasteiger partial charge in [-0.2, -0.15) is 0 Å². The van der Waals surface area contributed by atoms with Crippen LogP contribution in [-0.2, 0) is 22.0 Å². The van der Waals surface area contributed by atoms with Gasteiger partial charge in [0.2, 0.25) is 0 Å². The Morgan fingerprint density at radius 1 is 0.897 bits per heavy atom. The molecule has 0 unspecified atom stereocenters. The third kappa shape index (κ3) is 4.91. The van der Waals surface area contributed by atoms with Gasteiger partial charge in [-0.25, -0.2) is 8.42 Å². The predicted molar refractivity (Wildman–Crippen MR) is 107 cm³/mol. The molecule has 0 saturated heterocycles. The van der Waals surface area contributed by atoms with E-state index in [1.807, 2.05) is 19.1 Å². The number of amides is 2. The van der Waals surface area contributed by atoms with Crippen LogP contribution >= 0.6 is 0 Å². The standard InChI is InChI=1S/C21H20N2O5S/c1-2-15-8-10-16(11-9-15)20(24)22-23-21(25)19-17(12-13-28-19)14-29(26,27)18-6-4-3-5-7-18/h3-13H,2,14H2,1H3,(H,22,24)(H,23,25). The fourth-order valence-corrected chi connectivity index (χ4v) is 4.07. The molecule has 8 heteroatoms. The van der Waals surface area contributed by atoms with Crippen LogP contribution in [-0.4, -0.2) is 20.2 Å². The molecule has 0 aliphatic carbocycles. The Morgan fingerprint density at radius 3 is 2.21 bits per heavy atom. The number of sulfone groups is 1. The first-order chi connectivity index (χ1) is 13.9. The Balaban J connectivity index is 1.66. The van der Waals surface area contributed by atoms with Crippen molar-refractivity contribution < 1.29 is 22.4 Å². The van der Waals surface area contributed by atoms with Crippen LogP contribution < -0.4 is 10.9 Å². The first-order valence-electron chi connectivity index (χ1n) is 8.94. The maximum Gasteiger partial charge on any atom is 0.305 e. The van der Waals surface area contributed by atoms with Crippen molar-refractivity contribution in [3.8, 4) is 0 Å². The molecule has 0 radical (unpaired) electrons. The van der Waals surface area contributed by atoms with Crippen molar-refractivity contribution in [1.82, 2.24) is 10.9 Å². The molecule has 0 aliphatic heterocycles. The van der Waals surface area contributed by atoms with E-state index in [0.717, 1.165) is 12.0 Å². The summed E-state index contributed by atoms with van der Waals surface area (Å²) >= 11 is 0. The van der Waals surface area contributed by atoms with Crippen LogP contribution in [0.2, 0.25) is 0 Å². The highest BCUT2D eigenvalue weighted by Crippen LogP contribution is 2.19. The number of nitrogens with one attached hydrogen (secondary N) is 2. The highest BCUT2D eigenvalue weighted by molar-refractivity contribution is 7.90. The van der Waals surface area contributed by atoms with Gasteiger partial charge in [0.05, 0.1) is 16.9 Å². The van der Waals surface area contributed by atoms with Gasteiger partial charge in [0, 0.05) is 11.1 Å². The maximum atomic E-state index is 12.5. The van der Waals surface area contributed by atoms with Crippen molar-refractivity contribution in [2.45, 2.75) is 24.0 Å².